The molecule has 0 saturated carbocycles. The molecule has 0 spiro atoms. The molecule has 1 N–H and O–H groups in total. The van der Waals surface area contributed by atoms with Gasteiger partial charge in [-0.15, -0.1) is 11.3 Å². The summed E-state index contributed by atoms with van der Waals surface area (Å²) in [5.41, 5.74) is 2.74. The van der Waals surface area contributed by atoms with Crippen molar-refractivity contribution in [2.75, 3.05) is 19.1 Å². The maximum atomic E-state index is 13.6. The van der Waals surface area contributed by atoms with E-state index in [1.54, 1.807) is 13.2 Å². The highest BCUT2D eigenvalue weighted by molar-refractivity contribution is 7.22. The largest absolute Gasteiger partial charge is 0.507 e. The molecule has 2 aromatic heterocycles. The number of thiazole rings is 1. The Balaban J connectivity index is 1.73. The van der Waals surface area contributed by atoms with Crippen molar-refractivity contribution < 1.29 is 24.2 Å². The number of hydrogen-bond acceptors (Lipinski definition) is 8. The number of benzene rings is 2. The van der Waals surface area contributed by atoms with E-state index in [-0.39, 0.29) is 16.7 Å². The Morgan fingerprint density at radius 3 is 2.42 bits per heavy atom. The first-order valence-electron chi connectivity index (χ1n) is 12.0. The van der Waals surface area contributed by atoms with Crippen LogP contribution in [-0.4, -0.2) is 36.0 Å². The van der Waals surface area contributed by atoms with E-state index in [1.165, 1.54) is 34.7 Å². The van der Waals surface area contributed by atoms with Crippen molar-refractivity contribution in [1.29, 1.82) is 0 Å². The van der Waals surface area contributed by atoms with Crippen LogP contribution in [0, 0.1) is 6.92 Å². The fraction of sp³-hybridized carbons (Fsp3) is 0.276. The maximum Gasteiger partial charge on any atom is 0.301 e. The second-order valence-corrected chi connectivity index (χ2v) is 12.1. The molecule has 0 aliphatic carbocycles. The Bertz CT molecular complexity index is 1600. The molecule has 0 bridgehead atoms. The Kier molecular flexibility index (Phi) is 6.53. The van der Waals surface area contributed by atoms with Gasteiger partial charge in [0.15, 0.2) is 5.13 Å². The molecule has 1 amide bonds. The van der Waals surface area contributed by atoms with Gasteiger partial charge in [0.05, 0.1) is 35.6 Å². The number of thiophene rings is 1. The molecule has 5 rings (SSSR count). The zero-order valence-corrected chi connectivity index (χ0v) is 23.6. The summed E-state index contributed by atoms with van der Waals surface area (Å²) in [6.45, 7) is 8.11. The lowest BCUT2D eigenvalue weighted by Crippen LogP contribution is -2.28. The molecule has 0 radical (unpaired) electrons. The van der Waals surface area contributed by atoms with E-state index in [0.29, 0.717) is 22.0 Å². The van der Waals surface area contributed by atoms with Gasteiger partial charge in [-0.05, 0) is 59.2 Å². The van der Waals surface area contributed by atoms with Gasteiger partial charge in [-0.1, -0.05) is 44.2 Å². The van der Waals surface area contributed by atoms with E-state index >= 15 is 0 Å². The second kappa shape index (κ2) is 9.56. The van der Waals surface area contributed by atoms with E-state index in [4.69, 9.17) is 14.5 Å². The highest BCUT2D eigenvalue weighted by Crippen LogP contribution is 2.47. The van der Waals surface area contributed by atoms with Gasteiger partial charge in [-0.3, -0.25) is 14.5 Å². The van der Waals surface area contributed by atoms with E-state index < -0.39 is 17.7 Å². The van der Waals surface area contributed by atoms with Crippen molar-refractivity contribution in [1.82, 2.24) is 4.98 Å². The molecule has 1 fully saturated rings. The van der Waals surface area contributed by atoms with Crippen LogP contribution in [0.4, 0.5) is 5.13 Å². The predicted octanol–water partition coefficient (Wildman–Crippen LogP) is 6.61. The number of Topliss-reactive ketones (excluding diaryl/α,β-unsaturated/α-hetero) is 1. The Morgan fingerprint density at radius 1 is 1.05 bits per heavy atom. The number of carbonyl (C=O) groups is 2. The lowest BCUT2D eigenvalue weighted by atomic mass is 9.85. The quantitative estimate of drug-likeness (QED) is 0.172. The van der Waals surface area contributed by atoms with Gasteiger partial charge in [0, 0.05) is 4.88 Å². The number of ketones is 1. The van der Waals surface area contributed by atoms with Crippen molar-refractivity contribution >= 4 is 55.5 Å². The molecule has 9 heteroatoms. The SMILES string of the molecule is COc1cc2sc(N3C(=O)C(=O)/C(=C(/O)c4cc(C(C)(C)C)ccc4OC)C3c3cccs3)nc2cc1C. The standard InChI is InChI=1S/C29H28N2O5S2/c1-15-12-18-22(14-20(15)36-6)38-28(30-18)31-24(21-8-7-11-37-21)23(26(33)27(31)34)25(32)17-13-16(29(2,3)4)9-10-19(17)35-5/h7-14,24,32H,1-6H3/b25-23+. The molecule has 1 aliphatic heterocycles. The third-order valence-electron chi connectivity index (χ3n) is 6.68. The van der Waals surface area contributed by atoms with E-state index in [2.05, 4.69) is 20.8 Å². The number of nitrogens with zero attached hydrogens (tertiary/aromatic N) is 2. The number of aliphatic hydroxyl groups excluding tert-OH is 1. The van der Waals surface area contributed by atoms with Gasteiger partial charge in [-0.25, -0.2) is 4.98 Å². The maximum absolute atomic E-state index is 13.6. The highest BCUT2D eigenvalue weighted by Gasteiger charge is 2.49. The molecule has 4 aromatic rings. The third kappa shape index (κ3) is 4.25. The number of anilines is 1. The predicted molar refractivity (Wildman–Crippen MR) is 152 cm³/mol. The summed E-state index contributed by atoms with van der Waals surface area (Å²) in [4.78, 5) is 34.0. The zero-order valence-electron chi connectivity index (χ0n) is 22.0. The van der Waals surface area contributed by atoms with Crippen molar-refractivity contribution in [3.05, 3.63) is 75.0 Å². The van der Waals surface area contributed by atoms with Gasteiger partial charge < -0.3 is 14.6 Å². The van der Waals surface area contributed by atoms with E-state index in [1.807, 2.05) is 48.7 Å². The molecule has 2 aromatic carbocycles. The van der Waals surface area contributed by atoms with Crippen molar-refractivity contribution in [3.8, 4) is 11.5 Å². The number of methoxy groups -OCH3 is 2. The normalized spacial score (nSPS) is 17.4. The van der Waals surface area contributed by atoms with Crippen LogP contribution in [0.2, 0.25) is 0 Å². The smallest absolute Gasteiger partial charge is 0.301 e. The van der Waals surface area contributed by atoms with Gasteiger partial charge in [-0.2, -0.15) is 0 Å². The third-order valence-corrected chi connectivity index (χ3v) is 8.62. The summed E-state index contributed by atoms with van der Waals surface area (Å²) in [6.07, 6.45) is 0. The second-order valence-electron chi connectivity index (χ2n) is 10.1. The molecule has 7 nitrogen and oxygen atoms in total. The number of aliphatic hydroxyl groups is 1. The van der Waals surface area contributed by atoms with Crippen LogP contribution < -0.4 is 14.4 Å². The van der Waals surface area contributed by atoms with Crippen LogP contribution in [0.3, 0.4) is 0 Å². The number of rotatable bonds is 5. The lowest BCUT2D eigenvalue weighted by Gasteiger charge is -2.23. The van der Waals surface area contributed by atoms with Crippen LogP contribution in [0.25, 0.3) is 16.0 Å². The average Bonchev–Trinajstić information content (AvgIpc) is 3.60. The van der Waals surface area contributed by atoms with Crippen LogP contribution >= 0.6 is 22.7 Å². The van der Waals surface area contributed by atoms with Crippen LogP contribution in [0.15, 0.2) is 53.4 Å². The summed E-state index contributed by atoms with van der Waals surface area (Å²) in [6, 6.07) is 12.2. The molecular weight excluding hydrogens is 520 g/mol. The van der Waals surface area contributed by atoms with E-state index in [0.717, 1.165) is 26.5 Å². The Morgan fingerprint density at radius 2 is 1.79 bits per heavy atom. The summed E-state index contributed by atoms with van der Waals surface area (Å²) in [5.74, 6) is -0.647. The number of hydrogen-bond donors (Lipinski definition) is 1. The minimum Gasteiger partial charge on any atom is -0.507 e. The first-order chi connectivity index (χ1) is 18.0. The number of amides is 1. The number of aryl methyl sites for hydroxylation is 1. The molecule has 1 aliphatic rings. The average molecular weight is 549 g/mol. The molecule has 196 valence electrons. The molecule has 38 heavy (non-hydrogen) atoms. The fourth-order valence-electron chi connectivity index (χ4n) is 4.62. The summed E-state index contributed by atoms with van der Waals surface area (Å²) in [5, 5.41) is 13.9. The minimum atomic E-state index is -0.832. The monoisotopic (exact) mass is 548 g/mol. The van der Waals surface area contributed by atoms with Gasteiger partial charge >= 0.3 is 5.91 Å². The molecule has 3 heterocycles. The first kappa shape index (κ1) is 25.9. The van der Waals surface area contributed by atoms with Crippen LogP contribution in [0.1, 0.15) is 48.4 Å². The summed E-state index contributed by atoms with van der Waals surface area (Å²) in [7, 11) is 3.12. The molecule has 1 unspecified atom stereocenters. The molecular formula is C29H28N2O5S2. The van der Waals surface area contributed by atoms with Crippen molar-refractivity contribution in [2.45, 2.75) is 39.2 Å². The summed E-state index contributed by atoms with van der Waals surface area (Å²) < 4.78 is 11.8. The lowest BCUT2D eigenvalue weighted by molar-refractivity contribution is -0.132. The number of ether oxygens (including phenoxy) is 2. The van der Waals surface area contributed by atoms with Crippen molar-refractivity contribution in [2.24, 2.45) is 0 Å². The number of aromatic nitrogens is 1. The fourth-order valence-corrected chi connectivity index (χ4v) is 6.45. The van der Waals surface area contributed by atoms with Crippen LogP contribution in [-0.2, 0) is 15.0 Å². The van der Waals surface area contributed by atoms with E-state index in [9.17, 15) is 14.7 Å². The Hall–Kier alpha value is -3.69. The molecule has 1 atom stereocenters. The minimum absolute atomic E-state index is 0.00910. The number of fused-ring (bicyclic) bond motifs is 1. The van der Waals surface area contributed by atoms with Gasteiger partial charge in [0.25, 0.3) is 5.78 Å². The first-order valence-corrected chi connectivity index (χ1v) is 13.7. The highest BCUT2D eigenvalue weighted by atomic mass is 32.1. The van der Waals surface area contributed by atoms with Gasteiger partial charge in [0.2, 0.25) is 0 Å². The molecule has 1 saturated heterocycles. The van der Waals surface area contributed by atoms with Gasteiger partial charge in [0.1, 0.15) is 23.3 Å². The zero-order chi connectivity index (χ0) is 27.4. The number of carbonyl (C=O) groups excluding carboxylic acids is 2. The summed E-state index contributed by atoms with van der Waals surface area (Å²) >= 11 is 2.71. The van der Waals surface area contributed by atoms with Crippen molar-refractivity contribution in [3.63, 3.8) is 0 Å². The Labute approximate surface area is 229 Å². The topological polar surface area (TPSA) is 89.0 Å². The van der Waals surface area contributed by atoms with Crippen LogP contribution in [0.5, 0.6) is 11.5 Å².